The summed E-state index contributed by atoms with van der Waals surface area (Å²) in [5.41, 5.74) is 0. The Bertz CT molecular complexity index is 223. The Balaban J connectivity index is 0.000000509. The largest absolute Gasteiger partial charge is 0.306 e. The van der Waals surface area contributed by atoms with E-state index in [1.54, 1.807) is 0 Å². The Labute approximate surface area is 100 Å². The van der Waals surface area contributed by atoms with Gasteiger partial charge in [0.05, 0.1) is 6.04 Å². The van der Waals surface area contributed by atoms with Crippen molar-refractivity contribution in [2.45, 2.75) is 46.6 Å². The first-order valence-corrected chi connectivity index (χ1v) is 6.54. The zero-order valence-corrected chi connectivity index (χ0v) is 11.5. The van der Waals surface area contributed by atoms with E-state index in [0.29, 0.717) is 6.04 Å². The van der Waals surface area contributed by atoms with E-state index in [4.69, 9.17) is 0 Å². The molecule has 1 aliphatic rings. The van der Waals surface area contributed by atoms with Gasteiger partial charge in [0.2, 0.25) is 0 Å². The van der Waals surface area contributed by atoms with Crippen LogP contribution in [0.5, 0.6) is 0 Å². The van der Waals surface area contributed by atoms with Crippen LogP contribution in [0.2, 0.25) is 0 Å². The molecule has 94 valence electrons. The molecule has 0 spiro atoms. The van der Waals surface area contributed by atoms with Crippen LogP contribution in [0.1, 0.15) is 46.6 Å². The van der Waals surface area contributed by atoms with Gasteiger partial charge in [-0.3, -0.25) is 4.68 Å². The van der Waals surface area contributed by atoms with Crippen LogP contribution in [0.3, 0.4) is 0 Å². The summed E-state index contributed by atoms with van der Waals surface area (Å²) < 4.78 is 2.09. The van der Waals surface area contributed by atoms with E-state index in [2.05, 4.69) is 27.9 Å². The third-order valence-electron chi connectivity index (χ3n) is 2.59. The Morgan fingerprint density at radius 1 is 1.06 bits per heavy atom. The van der Waals surface area contributed by atoms with Crippen molar-refractivity contribution in [2.75, 3.05) is 20.1 Å². The highest BCUT2D eigenvalue weighted by molar-refractivity contribution is 4.83. The molecule has 0 unspecified atom stereocenters. The third kappa shape index (κ3) is 4.79. The van der Waals surface area contributed by atoms with Gasteiger partial charge in [-0.15, -0.1) is 0 Å². The summed E-state index contributed by atoms with van der Waals surface area (Å²) in [4.78, 5) is 2.38. The maximum absolute atomic E-state index is 4.26. The second-order valence-electron chi connectivity index (χ2n) is 3.52. The van der Waals surface area contributed by atoms with Gasteiger partial charge in [0.1, 0.15) is 0 Å². The lowest BCUT2D eigenvalue weighted by Gasteiger charge is -2.28. The number of aromatic nitrogens is 2. The highest BCUT2D eigenvalue weighted by Gasteiger charge is 2.17. The molecule has 2 heterocycles. The van der Waals surface area contributed by atoms with Crippen LogP contribution in [-0.4, -0.2) is 34.8 Å². The Hall–Kier alpha value is -0.830. The van der Waals surface area contributed by atoms with Crippen molar-refractivity contribution >= 4 is 0 Å². The van der Waals surface area contributed by atoms with E-state index in [1.807, 2.05) is 40.0 Å². The van der Waals surface area contributed by atoms with Crippen LogP contribution < -0.4 is 0 Å². The minimum Gasteiger partial charge on any atom is -0.306 e. The van der Waals surface area contributed by atoms with Gasteiger partial charge in [0.15, 0.2) is 0 Å². The Morgan fingerprint density at radius 3 is 2.06 bits per heavy atom. The number of hydrogen-bond acceptors (Lipinski definition) is 2. The van der Waals surface area contributed by atoms with Crippen LogP contribution >= 0.6 is 0 Å². The minimum absolute atomic E-state index is 0.635. The van der Waals surface area contributed by atoms with E-state index >= 15 is 0 Å². The van der Waals surface area contributed by atoms with Crippen molar-refractivity contribution in [1.29, 1.82) is 0 Å². The summed E-state index contributed by atoms with van der Waals surface area (Å²) in [6.45, 7) is 10.4. The monoisotopic (exact) mass is 225 g/mol. The van der Waals surface area contributed by atoms with E-state index < -0.39 is 0 Å². The fourth-order valence-corrected chi connectivity index (χ4v) is 1.76. The van der Waals surface area contributed by atoms with E-state index in [0.717, 1.165) is 0 Å². The number of piperidine rings is 1. The van der Waals surface area contributed by atoms with Crippen LogP contribution in [-0.2, 0) is 0 Å². The number of hydrogen-bond donors (Lipinski definition) is 0. The van der Waals surface area contributed by atoms with Crippen molar-refractivity contribution in [3.05, 3.63) is 18.5 Å². The molecule has 1 aromatic heterocycles. The highest BCUT2D eigenvalue weighted by Crippen LogP contribution is 2.19. The number of rotatable bonds is 1. The van der Waals surface area contributed by atoms with Crippen LogP contribution in [0.15, 0.2) is 18.5 Å². The highest BCUT2D eigenvalue weighted by atomic mass is 15.3. The number of likely N-dealkylation sites (tertiary alicyclic amines) is 1. The first-order chi connectivity index (χ1) is 7.86. The van der Waals surface area contributed by atoms with Gasteiger partial charge in [0, 0.05) is 12.4 Å². The quantitative estimate of drug-likeness (QED) is 0.732. The van der Waals surface area contributed by atoms with Gasteiger partial charge < -0.3 is 4.90 Å². The first-order valence-electron chi connectivity index (χ1n) is 6.54. The molecule has 0 aliphatic carbocycles. The summed E-state index contributed by atoms with van der Waals surface area (Å²) >= 11 is 0. The van der Waals surface area contributed by atoms with Gasteiger partial charge in [-0.25, -0.2) is 0 Å². The van der Waals surface area contributed by atoms with Crippen molar-refractivity contribution in [2.24, 2.45) is 0 Å². The fourth-order valence-electron chi connectivity index (χ4n) is 1.76. The van der Waals surface area contributed by atoms with Crippen LogP contribution in [0, 0.1) is 0 Å². The normalized spacial score (nSPS) is 16.8. The van der Waals surface area contributed by atoms with Crippen molar-refractivity contribution in [3.63, 3.8) is 0 Å². The lowest BCUT2D eigenvalue weighted by Crippen LogP contribution is -2.31. The zero-order chi connectivity index (χ0) is 12.4. The molecule has 0 saturated carbocycles. The minimum atomic E-state index is 0.635. The predicted molar refractivity (Wildman–Crippen MR) is 70.7 cm³/mol. The predicted octanol–water partition coefficient (Wildman–Crippen LogP) is 3.20. The van der Waals surface area contributed by atoms with Gasteiger partial charge in [0.25, 0.3) is 0 Å². The molecule has 0 radical (unpaired) electrons. The maximum Gasteiger partial charge on any atom is 0.0543 e. The molecule has 0 atom stereocenters. The van der Waals surface area contributed by atoms with E-state index in [1.165, 1.54) is 25.9 Å². The molecule has 1 saturated heterocycles. The molecule has 1 aromatic rings. The van der Waals surface area contributed by atoms with E-state index in [-0.39, 0.29) is 0 Å². The molecular formula is C13H27N3. The smallest absolute Gasteiger partial charge is 0.0543 e. The molecule has 16 heavy (non-hydrogen) atoms. The van der Waals surface area contributed by atoms with Crippen LogP contribution in [0.4, 0.5) is 0 Å². The first kappa shape index (κ1) is 15.2. The SMILES string of the molecule is CC.CC.CN1CCC(n2cccn2)CC1. The Kier molecular flexibility index (Phi) is 8.91. The summed E-state index contributed by atoms with van der Waals surface area (Å²) in [5, 5.41) is 4.26. The molecule has 3 nitrogen and oxygen atoms in total. The molecule has 0 bridgehead atoms. The lowest BCUT2D eigenvalue weighted by molar-refractivity contribution is 0.212. The van der Waals surface area contributed by atoms with Crippen molar-refractivity contribution in [3.8, 4) is 0 Å². The summed E-state index contributed by atoms with van der Waals surface area (Å²) in [5.74, 6) is 0. The third-order valence-corrected chi connectivity index (χ3v) is 2.59. The molecule has 1 fully saturated rings. The number of nitrogens with zero attached hydrogens (tertiary/aromatic N) is 3. The fraction of sp³-hybridized carbons (Fsp3) is 0.769. The molecule has 0 aromatic carbocycles. The van der Waals surface area contributed by atoms with Crippen molar-refractivity contribution in [1.82, 2.24) is 14.7 Å². The summed E-state index contributed by atoms with van der Waals surface area (Å²) in [6.07, 6.45) is 6.39. The Morgan fingerprint density at radius 2 is 1.62 bits per heavy atom. The average Bonchev–Trinajstić information content (AvgIpc) is 2.89. The molecule has 1 aliphatic heterocycles. The summed E-state index contributed by atoms with van der Waals surface area (Å²) in [7, 11) is 2.18. The average molecular weight is 225 g/mol. The standard InChI is InChI=1S/C9H15N3.2C2H6/c1-11-7-3-9(4-8-11)12-6-2-5-10-12;2*1-2/h2,5-6,9H,3-4,7-8H2,1H3;2*1-2H3. The second kappa shape index (κ2) is 9.40. The van der Waals surface area contributed by atoms with Gasteiger partial charge >= 0.3 is 0 Å². The van der Waals surface area contributed by atoms with Gasteiger partial charge in [-0.05, 0) is 39.0 Å². The van der Waals surface area contributed by atoms with Crippen molar-refractivity contribution < 1.29 is 0 Å². The van der Waals surface area contributed by atoms with Gasteiger partial charge in [-0.2, -0.15) is 5.10 Å². The molecular weight excluding hydrogens is 198 g/mol. The molecule has 0 amide bonds. The maximum atomic E-state index is 4.26. The van der Waals surface area contributed by atoms with Gasteiger partial charge in [-0.1, -0.05) is 27.7 Å². The van der Waals surface area contributed by atoms with E-state index in [9.17, 15) is 0 Å². The summed E-state index contributed by atoms with van der Waals surface area (Å²) in [6, 6.07) is 2.63. The molecule has 3 heteroatoms. The topological polar surface area (TPSA) is 21.1 Å². The molecule has 2 rings (SSSR count). The zero-order valence-electron chi connectivity index (χ0n) is 11.5. The lowest BCUT2D eigenvalue weighted by atomic mass is 10.1. The second-order valence-corrected chi connectivity index (χ2v) is 3.52. The molecule has 0 N–H and O–H groups in total. The van der Waals surface area contributed by atoms with Crippen LogP contribution in [0.25, 0.3) is 0 Å².